The van der Waals surface area contributed by atoms with E-state index in [1.54, 1.807) is 6.07 Å². The summed E-state index contributed by atoms with van der Waals surface area (Å²) in [6.45, 7) is -2.45. The van der Waals surface area contributed by atoms with Crippen LogP contribution in [0.2, 0.25) is 0 Å². The number of amides is 1. The van der Waals surface area contributed by atoms with E-state index in [1.165, 1.54) is 12.4 Å². The molecule has 3 rings (SSSR count). The monoisotopic (exact) mass is 409 g/mol. The number of nitrogens with one attached hydrogen (secondary N) is 2. The largest absolute Gasteiger partial charge is 0.350 e. The molecule has 0 saturated heterocycles. The molecule has 1 aromatic carbocycles. The summed E-state index contributed by atoms with van der Waals surface area (Å²) in [6.07, 6.45) is 2.72. The third-order valence-corrected chi connectivity index (χ3v) is 4.08. The molecular formula is C16H14BrF2N5O. The summed E-state index contributed by atoms with van der Waals surface area (Å²) in [4.78, 5) is 16.0. The predicted molar refractivity (Wildman–Crippen MR) is 91.2 cm³/mol. The van der Waals surface area contributed by atoms with Gasteiger partial charge in [0.15, 0.2) is 0 Å². The number of imidazole rings is 1. The lowest BCUT2D eigenvalue weighted by Gasteiger charge is -2.06. The summed E-state index contributed by atoms with van der Waals surface area (Å²) >= 11 is 3.36. The normalized spacial score (nSPS) is 11.0. The van der Waals surface area contributed by atoms with Crippen LogP contribution in [0.3, 0.4) is 0 Å². The highest BCUT2D eigenvalue weighted by molar-refractivity contribution is 9.10. The number of aromatic amines is 1. The Kier molecular flexibility index (Phi) is 5.22. The van der Waals surface area contributed by atoms with Crippen molar-refractivity contribution in [1.82, 2.24) is 25.1 Å². The molecule has 0 bridgehead atoms. The zero-order valence-electron chi connectivity index (χ0n) is 12.9. The quantitative estimate of drug-likeness (QED) is 0.654. The molecule has 25 heavy (non-hydrogen) atoms. The van der Waals surface area contributed by atoms with E-state index >= 15 is 0 Å². The Morgan fingerprint density at radius 2 is 2.08 bits per heavy atom. The zero-order valence-corrected chi connectivity index (χ0v) is 14.5. The van der Waals surface area contributed by atoms with Gasteiger partial charge in [-0.2, -0.15) is 13.9 Å². The highest BCUT2D eigenvalue weighted by atomic mass is 79.9. The third kappa shape index (κ3) is 4.11. The van der Waals surface area contributed by atoms with Crippen LogP contribution >= 0.6 is 15.9 Å². The minimum absolute atomic E-state index is 0.190. The van der Waals surface area contributed by atoms with E-state index < -0.39 is 6.55 Å². The Morgan fingerprint density at radius 1 is 1.32 bits per heavy atom. The number of carbonyl (C=O) groups excluding carboxylic acids is 1. The molecule has 0 spiro atoms. The first kappa shape index (κ1) is 17.3. The molecule has 0 unspecified atom stereocenters. The van der Waals surface area contributed by atoms with Crippen molar-refractivity contribution in [2.24, 2.45) is 0 Å². The second-order valence-electron chi connectivity index (χ2n) is 5.21. The molecule has 2 aromatic heterocycles. The first-order chi connectivity index (χ1) is 12.0. The first-order valence-electron chi connectivity index (χ1n) is 7.44. The number of H-pyrrole nitrogens is 1. The van der Waals surface area contributed by atoms with E-state index in [-0.39, 0.29) is 24.7 Å². The van der Waals surface area contributed by atoms with E-state index in [0.717, 1.165) is 14.6 Å². The minimum atomic E-state index is -2.64. The maximum atomic E-state index is 12.7. The van der Waals surface area contributed by atoms with Gasteiger partial charge in [0.25, 0.3) is 5.91 Å². The molecule has 2 N–H and O–H groups in total. The van der Waals surface area contributed by atoms with Crippen molar-refractivity contribution < 1.29 is 13.6 Å². The maximum Gasteiger partial charge on any atom is 0.319 e. The summed E-state index contributed by atoms with van der Waals surface area (Å²) in [6, 6.07) is 9.17. The highest BCUT2D eigenvalue weighted by Gasteiger charge is 2.13. The number of hydrogen-bond acceptors (Lipinski definition) is 3. The molecule has 0 aliphatic carbocycles. The van der Waals surface area contributed by atoms with Gasteiger partial charge in [-0.25, -0.2) is 4.98 Å². The Bertz CT molecular complexity index is 860. The van der Waals surface area contributed by atoms with E-state index in [0.29, 0.717) is 11.4 Å². The Hall–Kier alpha value is -2.55. The molecule has 0 aliphatic rings. The van der Waals surface area contributed by atoms with E-state index in [4.69, 9.17) is 0 Å². The zero-order chi connectivity index (χ0) is 17.8. The number of alkyl halides is 2. The van der Waals surface area contributed by atoms with Crippen LogP contribution in [-0.2, 0) is 6.42 Å². The lowest BCUT2D eigenvalue weighted by Crippen LogP contribution is -2.26. The van der Waals surface area contributed by atoms with E-state index in [9.17, 15) is 13.6 Å². The van der Waals surface area contributed by atoms with Gasteiger partial charge in [0.05, 0.1) is 5.69 Å². The van der Waals surface area contributed by atoms with Crippen LogP contribution in [-0.4, -0.2) is 32.2 Å². The maximum absolute atomic E-state index is 12.7. The van der Waals surface area contributed by atoms with Gasteiger partial charge in [-0.1, -0.05) is 28.1 Å². The number of hydrogen-bond donors (Lipinski definition) is 2. The van der Waals surface area contributed by atoms with Crippen LogP contribution in [0.1, 0.15) is 22.9 Å². The molecule has 9 heteroatoms. The number of aromatic nitrogens is 4. The number of rotatable bonds is 6. The average molecular weight is 410 g/mol. The van der Waals surface area contributed by atoms with Gasteiger partial charge in [-0.15, -0.1) is 0 Å². The summed E-state index contributed by atoms with van der Waals surface area (Å²) < 4.78 is 27.2. The minimum Gasteiger partial charge on any atom is -0.350 e. The molecule has 1 amide bonds. The van der Waals surface area contributed by atoms with Crippen LogP contribution < -0.4 is 5.32 Å². The number of benzene rings is 1. The lowest BCUT2D eigenvalue weighted by molar-refractivity contribution is 0.0670. The topological polar surface area (TPSA) is 75.6 Å². The van der Waals surface area contributed by atoms with Gasteiger partial charge < -0.3 is 5.32 Å². The number of halogens is 3. The molecule has 6 nitrogen and oxygen atoms in total. The van der Waals surface area contributed by atoms with Crippen molar-refractivity contribution in [3.8, 4) is 11.3 Å². The van der Waals surface area contributed by atoms with Crippen molar-refractivity contribution in [1.29, 1.82) is 0 Å². The molecule has 0 radical (unpaired) electrons. The fourth-order valence-electron chi connectivity index (χ4n) is 2.30. The van der Waals surface area contributed by atoms with Crippen molar-refractivity contribution in [3.63, 3.8) is 0 Å². The molecule has 0 aliphatic heterocycles. The van der Waals surface area contributed by atoms with Crippen molar-refractivity contribution in [2.45, 2.75) is 13.0 Å². The van der Waals surface area contributed by atoms with Crippen LogP contribution in [0.15, 0.2) is 47.2 Å². The second kappa shape index (κ2) is 7.56. The van der Waals surface area contributed by atoms with Crippen molar-refractivity contribution >= 4 is 21.8 Å². The van der Waals surface area contributed by atoms with Crippen LogP contribution in [0, 0.1) is 0 Å². The Morgan fingerprint density at radius 3 is 2.80 bits per heavy atom. The van der Waals surface area contributed by atoms with Crippen LogP contribution in [0.5, 0.6) is 0 Å². The van der Waals surface area contributed by atoms with Crippen LogP contribution in [0.25, 0.3) is 11.3 Å². The summed E-state index contributed by atoms with van der Waals surface area (Å²) in [5.41, 5.74) is 1.82. The Labute approximate surface area is 150 Å². The number of carbonyl (C=O) groups is 1. The third-order valence-electron chi connectivity index (χ3n) is 3.56. The van der Waals surface area contributed by atoms with Gasteiger partial charge in [0.1, 0.15) is 11.5 Å². The second-order valence-corrected chi connectivity index (χ2v) is 6.12. The summed E-state index contributed by atoms with van der Waals surface area (Å²) in [7, 11) is 0. The SMILES string of the molecule is O=C(NCCc1nccn1C(F)F)c1cc(-c2ccc(Br)cc2)n[nH]1. The highest BCUT2D eigenvalue weighted by Crippen LogP contribution is 2.20. The predicted octanol–water partition coefficient (Wildman–Crippen LogP) is 3.40. The summed E-state index contributed by atoms with van der Waals surface area (Å²) in [5, 5.41) is 9.45. The molecule has 3 aromatic rings. The van der Waals surface area contributed by atoms with Gasteiger partial charge >= 0.3 is 6.55 Å². The van der Waals surface area contributed by atoms with E-state index in [2.05, 4.69) is 36.4 Å². The van der Waals surface area contributed by atoms with Gasteiger partial charge in [0, 0.05) is 35.4 Å². The molecule has 0 saturated carbocycles. The number of nitrogens with zero attached hydrogens (tertiary/aromatic N) is 3. The Balaban J connectivity index is 1.59. The smallest absolute Gasteiger partial charge is 0.319 e. The standard InChI is InChI=1S/C16H14BrF2N5O/c17-11-3-1-10(2-4-11)12-9-13(23-22-12)15(25)21-6-5-14-20-7-8-24(14)16(18)19/h1-4,7-9,16H,5-6H2,(H,21,25)(H,22,23). The fourth-order valence-corrected chi connectivity index (χ4v) is 2.57. The van der Waals surface area contributed by atoms with Crippen molar-refractivity contribution in [3.05, 3.63) is 58.7 Å². The molecule has 130 valence electrons. The molecule has 0 atom stereocenters. The molecule has 2 heterocycles. The fraction of sp³-hybridized carbons (Fsp3) is 0.188. The summed E-state index contributed by atoms with van der Waals surface area (Å²) in [5.74, 6) is -0.138. The van der Waals surface area contributed by atoms with Crippen molar-refractivity contribution in [2.75, 3.05) is 6.54 Å². The van der Waals surface area contributed by atoms with E-state index in [1.807, 2.05) is 24.3 Å². The van der Waals surface area contributed by atoms with Crippen LogP contribution in [0.4, 0.5) is 8.78 Å². The van der Waals surface area contributed by atoms with Gasteiger partial charge in [0.2, 0.25) is 0 Å². The molecular weight excluding hydrogens is 396 g/mol. The van der Waals surface area contributed by atoms with Gasteiger partial charge in [-0.05, 0) is 18.2 Å². The average Bonchev–Trinajstić information content (AvgIpc) is 3.24. The first-order valence-corrected chi connectivity index (χ1v) is 8.23. The lowest BCUT2D eigenvalue weighted by atomic mass is 10.1. The molecule has 0 fully saturated rings. The van der Waals surface area contributed by atoms with Gasteiger partial charge in [-0.3, -0.25) is 14.5 Å².